The van der Waals surface area contributed by atoms with Crippen LogP contribution in [-0.2, 0) is 4.79 Å². The molecule has 0 radical (unpaired) electrons. The van der Waals surface area contributed by atoms with E-state index in [1.165, 1.54) is 0 Å². The van der Waals surface area contributed by atoms with E-state index in [-0.39, 0.29) is 11.8 Å². The van der Waals surface area contributed by atoms with E-state index in [1.54, 1.807) is 25.1 Å². The minimum Gasteiger partial charge on any atom is -0.366 e. The third kappa shape index (κ3) is 2.78. The van der Waals surface area contributed by atoms with Crippen LogP contribution in [0.25, 0.3) is 0 Å². The highest BCUT2D eigenvalue weighted by Gasteiger charge is 2.43. The van der Waals surface area contributed by atoms with Crippen LogP contribution in [0.2, 0.25) is 0 Å². The van der Waals surface area contributed by atoms with Gasteiger partial charge in [-0.15, -0.1) is 0 Å². The first kappa shape index (κ1) is 15.5. The highest BCUT2D eigenvalue weighted by Crippen LogP contribution is 2.35. The maximum absolute atomic E-state index is 12.7. The molecule has 21 heavy (non-hydrogen) atoms. The molecule has 1 atom stereocenters. The summed E-state index contributed by atoms with van der Waals surface area (Å²) in [6.45, 7) is 7.47. The van der Waals surface area contributed by atoms with Crippen molar-refractivity contribution in [1.82, 2.24) is 5.32 Å². The number of anilines is 1. The van der Waals surface area contributed by atoms with Crippen LogP contribution < -0.4 is 16.4 Å². The number of hydrogen-bond donors (Lipinski definition) is 3. The van der Waals surface area contributed by atoms with Crippen LogP contribution in [0.3, 0.4) is 0 Å². The van der Waals surface area contributed by atoms with Crippen molar-refractivity contribution in [2.75, 3.05) is 18.4 Å². The lowest BCUT2D eigenvalue weighted by Gasteiger charge is -2.31. The maximum Gasteiger partial charge on any atom is 0.249 e. The average Bonchev–Trinajstić information content (AvgIpc) is 2.91. The molecule has 2 rings (SSSR count). The number of benzene rings is 1. The van der Waals surface area contributed by atoms with Gasteiger partial charge in [0.1, 0.15) is 0 Å². The zero-order chi connectivity index (χ0) is 15.6. The molecule has 1 aliphatic heterocycles. The highest BCUT2D eigenvalue weighted by atomic mass is 16.2. The molecule has 0 spiro atoms. The molecule has 0 aromatic heterocycles. The van der Waals surface area contributed by atoms with Crippen LogP contribution in [-0.4, -0.2) is 24.9 Å². The van der Waals surface area contributed by atoms with Crippen LogP contribution in [0.1, 0.15) is 36.2 Å². The molecule has 1 aromatic rings. The van der Waals surface area contributed by atoms with E-state index in [0.717, 1.165) is 13.0 Å². The normalized spacial score (nSPS) is 21.5. The summed E-state index contributed by atoms with van der Waals surface area (Å²) >= 11 is 0. The fourth-order valence-electron chi connectivity index (χ4n) is 2.94. The Balaban J connectivity index is 2.28. The van der Waals surface area contributed by atoms with Gasteiger partial charge >= 0.3 is 0 Å². The fourth-order valence-corrected chi connectivity index (χ4v) is 2.94. The Bertz CT molecular complexity index is 561. The average molecular weight is 289 g/mol. The van der Waals surface area contributed by atoms with Crippen molar-refractivity contribution in [2.24, 2.45) is 17.1 Å². The predicted octanol–water partition coefficient (Wildman–Crippen LogP) is 1.67. The SMILES string of the molecule is Cc1c(NC(=O)C2(C(C)C)CCNC2)cccc1C(N)=O. The van der Waals surface area contributed by atoms with Gasteiger partial charge in [-0.3, -0.25) is 9.59 Å². The Hall–Kier alpha value is -1.88. The third-order valence-electron chi connectivity index (χ3n) is 4.59. The number of nitrogens with one attached hydrogen (secondary N) is 2. The van der Waals surface area contributed by atoms with Crippen molar-refractivity contribution < 1.29 is 9.59 Å². The Morgan fingerprint density at radius 3 is 2.62 bits per heavy atom. The zero-order valence-corrected chi connectivity index (χ0v) is 12.8. The summed E-state index contributed by atoms with van der Waals surface area (Å²) < 4.78 is 0. The number of rotatable bonds is 4. The van der Waals surface area contributed by atoms with Gasteiger partial charge in [-0.05, 0) is 43.5 Å². The summed E-state index contributed by atoms with van der Waals surface area (Å²) in [4.78, 5) is 24.1. The van der Waals surface area contributed by atoms with Crippen molar-refractivity contribution in [3.63, 3.8) is 0 Å². The number of carbonyl (C=O) groups excluding carboxylic acids is 2. The monoisotopic (exact) mass is 289 g/mol. The second kappa shape index (κ2) is 5.85. The summed E-state index contributed by atoms with van der Waals surface area (Å²) in [5.74, 6) is -0.232. The molecule has 1 unspecified atom stereocenters. The highest BCUT2D eigenvalue weighted by molar-refractivity contribution is 6.00. The number of hydrogen-bond acceptors (Lipinski definition) is 3. The van der Waals surface area contributed by atoms with Crippen LogP contribution in [0.4, 0.5) is 5.69 Å². The van der Waals surface area contributed by atoms with E-state index in [0.29, 0.717) is 23.4 Å². The number of amides is 2. The van der Waals surface area contributed by atoms with Crippen LogP contribution >= 0.6 is 0 Å². The first-order valence-corrected chi connectivity index (χ1v) is 7.30. The van der Waals surface area contributed by atoms with Gasteiger partial charge in [0, 0.05) is 17.8 Å². The van der Waals surface area contributed by atoms with Crippen molar-refractivity contribution >= 4 is 17.5 Å². The lowest BCUT2D eigenvalue weighted by molar-refractivity contribution is -0.126. The van der Waals surface area contributed by atoms with E-state index in [4.69, 9.17) is 5.73 Å². The van der Waals surface area contributed by atoms with Crippen molar-refractivity contribution in [1.29, 1.82) is 0 Å². The van der Waals surface area contributed by atoms with Gasteiger partial charge < -0.3 is 16.4 Å². The molecule has 0 bridgehead atoms. The zero-order valence-electron chi connectivity index (χ0n) is 12.8. The first-order chi connectivity index (χ1) is 9.88. The molecular weight excluding hydrogens is 266 g/mol. The van der Waals surface area contributed by atoms with Crippen LogP contribution in [0.5, 0.6) is 0 Å². The summed E-state index contributed by atoms with van der Waals surface area (Å²) in [5, 5.41) is 6.25. The molecule has 1 heterocycles. The lowest BCUT2D eigenvalue weighted by Crippen LogP contribution is -2.42. The van der Waals surface area contributed by atoms with E-state index < -0.39 is 11.3 Å². The molecule has 1 fully saturated rings. The summed E-state index contributed by atoms with van der Waals surface area (Å²) in [6, 6.07) is 5.20. The van der Waals surface area contributed by atoms with Crippen molar-refractivity contribution in [2.45, 2.75) is 27.2 Å². The molecule has 1 saturated heterocycles. The summed E-state index contributed by atoms with van der Waals surface area (Å²) in [5.41, 5.74) is 6.76. The van der Waals surface area contributed by atoms with E-state index in [1.807, 2.05) is 0 Å². The molecule has 1 aliphatic rings. The minimum atomic E-state index is -0.482. The summed E-state index contributed by atoms with van der Waals surface area (Å²) in [6.07, 6.45) is 0.824. The Labute approximate surface area is 125 Å². The third-order valence-corrected chi connectivity index (χ3v) is 4.59. The van der Waals surface area contributed by atoms with E-state index >= 15 is 0 Å². The van der Waals surface area contributed by atoms with Gasteiger partial charge in [0.25, 0.3) is 0 Å². The fraction of sp³-hybridized carbons (Fsp3) is 0.500. The Morgan fingerprint density at radius 1 is 1.38 bits per heavy atom. The van der Waals surface area contributed by atoms with Gasteiger partial charge in [0.2, 0.25) is 11.8 Å². The molecule has 5 nitrogen and oxygen atoms in total. The minimum absolute atomic E-state index is 0.00669. The smallest absolute Gasteiger partial charge is 0.249 e. The van der Waals surface area contributed by atoms with E-state index in [2.05, 4.69) is 24.5 Å². The predicted molar refractivity (Wildman–Crippen MR) is 83.1 cm³/mol. The number of nitrogens with two attached hydrogens (primary N) is 1. The largest absolute Gasteiger partial charge is 0.366 e. The first-order valence-electron chi connectivity index (χ1n) is 7.30. The van der Waals surface area contributed by atoms with Crippen LogP contribution in [0.15, 0.2) is 18.2 Å². The Morgan fingerprint density at radius 2 is 2.10 bits per heavy atom. The molecule has 4 N–H and O–H groups in total. The second-order valence-electron chi connectivity index (χ2n) is 6.03. The van der Waals surface area contributed by atoms with Gasteiger partial charge in [-0.25, -0.2) is 0 Å². The quantitative estimate of drug-likeness (QED) is 0.788. The lowest BCUT2D eigenvalue weighted by atomic mass is 9.75. The molecule has 0 saturated carbocycles. The van der Waals surface area contributed by atoms with Gasteiger partial charge in [-0.1, -0.05) is 19.9 Å². The van der Waals surface area contributed by atoms with E-state index in [9.17, 15) is 9.59 Å². The second-order valence-corrected chi connectivity index (χ2v) is 6.03. The van der Waals surface area contributed by atoms with Gasteiger partial charge in [0.05, 0.1) is 5.41 Å². The molecule has 0 aliphatic carbocycles. The topological polar surface area (TPSA) is 84.2 Å². The molecule has 114 valence electrons. The van der Waals surface area contributed by atoms with Gasteiger partial charge in [-0.2, -0.15) is 0 Å². The molecule has 5 heteroatoms. The standard InChI is InChI=1S/C16H23N3O2/c1-10(2)16(7-8-18-9-16)15(21)19-13-6-4-5-12(11(13)3)14(17)20/h4-6,10,18H,7-9H2,1-3H3,(H2,17,20)(H,19,21). The maximum atomic E-state index is 12.7. The van der Waals surface area contributed by atoms with Crippen molar-refractivity contribution in [3.05, 3.63) is 29.3 Å². The van der Waals surface area contributed by atoms with Crippen molar-refractivity contribution in [3.8, 4) is 0 Å². The molecule has 1 aromatic carbocycles. The molecular formula is C16H23N3O2. The number of primary amides is 1. The van der Waals surface area contributed by atoms with Crippen LogP contribution in [0, 0.1) is 18.3 Å². The van der Waals surface area contributed by atoms with Gasteiger partial charge in [0.15, 0.2) is 0 Å². The Kier molecular flexibility index (Phi) is 4.32. The summed E-state index contributed by atoms with van der Waals surface area (Å²) in [7, 11) is 0. The molecule has 2 amide bonds. The number of carbonyl (C=O) groups is 2.